The Hall–Kier alpha value is -3.72. The molecule has 172 valence electrons. The minimum absolute atomic E-state index is 0.0632. The first kappa shape index (κ1) is 22.5. The van der Waals surface area contributed by atoms with Crippen molar-refractivity contribution in [2.45, 2.75) is 26.0 Å². The Bertz CT molecular complexity index is 1200. The summed E-state index contributed by atoms with van der Waals surface area (Å²) in [7, 11) is 3.21. The Morgan fingerprint density at radius 2 is 1.73 bits per heavy atom. The highest BCUT2D eigenvalue weighted by molar-refractivity contribution is 5.65. The van der Waals surface area contributed by atoms with Crippen LogP contribution >= 0.6 is 0 Å². The second-order valence-corrected chi connectivity index (χ2v) is 7.74. The summed E-state index contributed by atoms with van der Waals surface area (Å²) in [5.74, 6) is 2.59. The molecule has 0 aliphatic carbocycles. The molecule has 0 saturated carbocycles. The van der Waals surface area contributed by atoms with Crippen LogP contribution in [0.2, 0.25) is 0 Å². The van der Waals surface area contributed by atoms with Crippen molar-refractivity contribution in [3.05, 3.63) is 71.6 Å². The summed E-state index contributed by atoms with van der Waals surface area (Å²) in [4.78, 5) is 13.6. The summed E-state index contributed by atoms with van der Waals surface area (Å²) in [6.07, 6.45) is 1.66. The summed E-state index contributed by atoms with van der Waals surface area (Å²) in [5.41, 5.74) is 8.53. The van der Waals surface area contributed by atoms with Crippen LogP contribution in [-0.2, 0) is 17.9 Å². The van der Waals surface area contributed by atoms with Gasteiger partial charge in [-0.3, -0.25) is 0 Å². The van der Waals surface area contributed by atoms with E-state index in [1.165, 1.54) is 12.1 Å². The van der Waals surface area contributed by atoms with E-state index in [0.29, 0.717) is 54.4 Å². The SMILES string of the molecule is COc1ccc(Cn2cnc(N)c3nc(C(C)COCc4ccc(F)cc4)nc2-3)cc1OC. The molecule has 2 heterocycles. The standard InChI is InChI=1S/C24H26FN5O3/c1-15(12-33-13-16-4-7-18(25)8-5-16)23-28-21-22(26)27-14-30(24(21)29-23)11-17-6-9-19(31-2)20(10-17)32-3/h4-10,14-15H,11-13,26H2,1-3H3. The topological polar surface area (TPSA) is 97.3 Å². The molecule has 0 aromatic heterocycles. The summed E-state index contributed by atoms with van der Waals surface area (Å²) in [6, 6.07) is 12.0. The highest BCUT2D eigenvalue weighted by Gasteiger charge is 2.22. The van der Waals surface area contributed by atoms with Crippen LogP contribution in [0.5, 0.6) is 11.5 Å². The van der Waals surface area contributed by atoms with Gasteiger partial charge >= 0.3 is 0 Å². The average Bonchev–Trinajstić information content (AvgIpc) is 3.29. The fraction of sp³-hybridized carbons (Fsp3) is 0.292. The number of nitrogens with two attached hydrogens (primary N) is 1. The number of nitrogen functional groups attached to an aromatic ring is 1. The van der Waals surface area contributed by atoms with E-state index in [1.54, 1.807) is 32.7 Å². The number of hydrogen-bond acceptors (Lipinski definition) is 7. The molecular formula is C24H26FN5O3. The number of fused-ring (bicyclic) bond motifs is 1. The molecule has 0 fully saturated rings. The lowest BCUT2D eigenvalue weighted by Gasteiger charge is -2.13. The summed E-state index contributed by atoms with van der Waals surface area (Å²) >= 11 is 0. The van der Waals surface area contributed by atoms with Gasteiger partial charge in [0.05, 0.1) is 40.3 Å². The summed E-state index contributed by atoms with van der Waals surface area (Å²) in [6.45, 7) is 3.30. The number of anilines is 1. The normalized spacial score (nSPS) is 12.1. The first-order valence-corrected chi connectivity index (χ1v) is 10.5. The Balaban J connectivity index is 1.50. The number of hydrogen-bond donors (Lipinski definition) is 1. The van der Waals surface area contributed by atoms with E-state index in [9.17, 15) is 4.39 Å². The largest absolute Gasteiger partial charge is 0.493 e. The maximum absolute atomic E-state index is 13.0. The third-order valence-corrected chi connectivity index (χ3v) is 5.30. The second kappa shape index (κ2) is 9.83. The molecule has 4 rings (SSSR count). The fourth-order valence-corrected chi connectivity index (χ4v) is 3.49. The molecule has 9 heteroatoms. The van der Waals surface area contributed by atoms with Crippen molar-refractivity contribution in [1.82, 2.24) is 19.5 Å². The molecule has 0 saturated heterocycles. The predicted octanol–water partition coefficient (Wildman–Crippen LogP) is 3.89. The van der Waals surface area contributed by atoms with Gasteiger partial charge in [-0.15, -0.1) is 0 Å². The van der Waals surface area contributed by atoms with E-state index >= 15 is 0 Å². The minimum Gasteiger partial charge on any atom is -0.493 e. The van der Waals surface area contributed by atoms with Crippen molar-refractivity contribution in [3.8, 4) is 23.0 Å². The lowest BCUT2D eigenvalue weighted by atomic mass is 10.2. The third kappa shape index (κ3) is 5.04. The summed E-state index contributed by atoms with van der Waals surface area (Å²) < 4.78 is 31.5. The highest BCUT2D eigenvalue weighted by Crippen LogP contribution is 2.30. The molecular weight excluding hydrogens is 425 g/mol. The van der Waals surface area contributed by atoms with Gasteiger partial charge in [0.15, 0.2) is 28.8 Å². The van der Waals surface area contributed by atoms with Crippen molar-refractivity contribution in [1.29, 1.82) is 0 Å². The van der Waals surface area contributed by atoms with Crippen LogP contribution in [-0.4, -0.2) is 40.3 Å². The third-order valence-electron chi connectivity index (χ3n) is 5.30. The van der Waals surface area contributed by atoms with Crippen molar-refractivity contribution in [2.24, 2.45) is 0 Å². The lowest BCUT2D eigenvalue weighted by molar-refractivity contribution is 0.109. The van der Waals surface area contributed by atoms with Crippen LogP contribution in [0.1, 0.15) is 29.8 Å². The number of methoxy groups -OCH3 is 2. The maximum atomic E-state index is 13.0. The molecule has 0 bridgehead atoms. The Labute approximate surface area is 191 Å². The van der Waals surface area contributed by atoms with Crippen LogP contribution in [0, 0.1) is 5.82 Å². The van der Waals surface area contributed by atoms with E-state index in [2.05, 4.69) is 9.97 Å². The quantitative estimate of drug-likeness (QED) is 0.412. The first-order valence-electron chi connectivity index (χ1n) is 10.5. The Morgan fingerprint density at radius 3 is 2.45 bits per heavy atom. The number of benzene rings is 2. The molecule has 33 heavy (non-hydrogen) atoms. The first-order chi connectivity index (χ1) is 16.0. The van der Waals surface area contributed by atoms with Gasteiger partial charge in [-0.05, 0) is 35.4 Å². The van der Waals surface area contributed by atoms with Gasteiger partial charge in [-0.25, -0.2) is 19.3 Å². The van der Waals surface area contributed by atoms with E-state index in [0.717, 1.165) is 11.1 Å². The van der Waals surface area contributed by atoms with Crippen molar-refractivity contribution in [2.75, 3.05) is 26.6 Å². The smallest absolute Gasteiger partial charge is 0.166 e. The second-order valence-electron chi connectivity index (χ2n) is 7.74. The number of ether oxygens (including phenoxy) is 3. The van der Waals surface area contributed by atoms with Gasteiger partial charge in [0.2, 0.25) is 0 Å². The number of halogens is 1. The molecule has 2 aliphatic rings. The molecule has 1 unspecified atom stereocenters. The molecule has 2 aromatic carbocycles. The van der Waals surface area contributed by atoms with Crippen LogP contribution in [0.4, 0.5) is 10.2 Å². The van der Waals surface area contributed by atoms with Crippen LogP contribution in [0.15, 0.2) is 48.8 Å². The highest BCUT2D eigenvalue weighted by atomic mass is 19.1. The van der Waals surface area contributed by atoms with E-state index < -0.39 is 0 Å². The molecule has 1 atom stereocenters. The monoisotopic (exact) mass is 451 g/mol. The van der Waals surface area contributed by atoms with Gasteiger partial charge < -0.3 is 24.5 Å². The zero-order valence-electron chi connectivity index (χ0n) is 18.8. The molecule has 8 nitrogen and oxygen atoms in total. The van der Waals surface area contributed by atoms with Gasteiger partial charge in [-0.2, -0.15) is 0 Å². The van der Waals surface area contributed by atoms with Gasteiger partial charge in [0, 0.05) is 5.92 Å². The molecule has 0 radical (unpaired) electrons. The zero-order valence-corrected chi connectivity index (χ0v) is 18.8. The van der Waals surface area contributed by atoms with Gasteiger partial charge in [0.25, 0.3) is 0 Å². The molecule has 2 aromatic rings. The van der Waals surface area contributed by atoms with Crippen molar-refractivity contribution < 1.29 is 18.6 Å². The van der Waals surface area contributed by atoms with Crippen LogP contribution in [0.3, 0.4) is 0 Å². The Kier molecular flexibility index (Phi) is 6.69. The average molecular weight is 452 g/mol. The molecule has 0 spiro atoms. The number of rotatable bonds is 9. The van der Waals surface area contributed by atoms with Crippen molar-refractivity contribution >= 4 is 5.82 Å². The maximum Gasteiger partial charge on any atom is 0.166 e. The van der Waals surface area contributed by atoms with Crippen LogP contribution < -0.4 is 15.2 Å². The minimum atomic E-state index is -0.267. The van der Waals surface area contributed by atoms with E-state index in [1.807, 2.05) is 29.7 Å². The molecule has 0 amide bonds. The lowest BCUT2D eigenvalue weighted by Crippen LogP contribution is -2.09. The predicted molar refractivity (Wildman–Crippen MR) is 122 cm³/mol. The zero-order chi connectivity index (χ0) is 23.4. The Morgan fingerprint density at radius 1 is 1.00 bits per heavy atom. The number of imidazole rings is 1. The van der Waals surface area contributed by atoms with Gasteiger partial charge in [0.1, 0.15) is 11.6 Å². The molecule has 2 aliphatic heterocycles. The van der Waals surface area contributed by atoms with E-state index in [-0.39, 0.29) is 11.7 Å². The van der Waals surface area contributed by atoms with Gasteiger partial charge in [-0.1, -0.05) is 25.1 Å². The van der Waals surface area contributed by atoms with E-state index in [4.69, 9.17) is 24.9 Å². The number of aromatic nitrogens is 4. The van der Waals surface area contributed by atoms with Crippen LogP contribution in [0.25, 0.3) is 11.5 Å². The number of nitrogens with zero attached hydrogens (tertiary/aromatic N) is 4. The van der Waals surface area contributed by atoms with Crippen molar-refractivity contribution in [3.63, 3.8) is 0 Å². The molecule has 2 N–H and O–H groups in total. The fourth-order valence-electron chi connectivity index (χ4n) is 3.49. The summed E-state index contributed by atoms with van der Waals surface area (Å²) in [5, 5.41) is 0.